The molecule has 1 aromatic heterocycles. The van der Waals surface area contributed by atoms with E-state index in [9.17, 15) is 0 Å². The Balaban J connectivity index is 2.12. The molecule has 1 aromatic carbocycles. The van der Waals surface area contributed by atoms with E-state index in [1.54, 1.807) is 0 Å². The Morgan fingerprint density at radius 3 is 2.70 bits per heavy atom. The molecule has 6 nitrogen and oxygen atoms in total. The summed E-state index contributed by atoms with van der Waals surface area (Å²) in [5.41, 5.74) is 12.5. The highest BCUT2D eigenvalue weighted by Gasteiger charge is 2.07. The van der Waals surface area contributed by atoms with E-state index in [1.807, 2.05) is 31.2 Å². The van der Waals surface area contributed by atoms with Crippen LogP contribution < -0.4 is 16.8 Å². The van der Waals surface area contributed by atoms with Crippen molar-refractivity contribution < 1.29 is 0 Å². The lowest BCUT2D eigenvalue weighted by atomic mass is 10.2. The van der Waals surface area contributed by atoms with E-state index in [0.29, 0.717) is 15.2 Å². The summed E-state index contributed by atoms with van der Waals surface area (Å²) in [4.78, 5) is 4.87. The lowest BCUT2D eigenvalue weighted by Crippen LogP contribution is -2.21. The van der Waals surface area contributed by atoms with Gasteiger partial charge in [0.05, 0.1) is 11.1 Å². The summed E-state index contributed by atoms with van der Waals surface area (Å²) >= 11 is 7.36. The number of anilines is 2. The lowest BCUT2D eigenvalue weighted by Gasteiger charge is -2.01. The molecule has 20 heavy (non-hydrogen) atoms. The van der Waals surface area contributed by atoms with E-state index in [4.69, 9.17) is 23.1 Å². The van der Waals surface area contributed by atoms with Gasteiger partial charge in [-0.15, -0.1) is 5.10 Å². The van der Waals surface area contributed by atoms with E-state index in [0.717, 1.165) is 5.69 Å². The van der Waals surface area contributed by atoms with Gasteiger partial charge in [0.1, 0.15) is 0 Å². The van der Waals surface area contributed by atoms with Gasteiger partial charge in [0, 0.05) is 5.69 Å². The Morgan fingerprint density at radius 2 is 2.05 bits per heavy atom. The second kappa shape index (κ2) is 6.36. The number of nitrogens with zero attached hydrogens (tertiary/aromatic N) is 3. The van der Waals surface area contributed by atoms with Crippen molar-refractivity contribution in [2.75, 3.05) is 5.32 Å². The minimum atomic E-state index is -0.111. The number of halogens is 1. The molecule has 0 fully saturated rings. The van der Waals surface area contributed by atoms with Gasteiger partial charge in [-0.3, -0.25) is 0 Å². The van der Waals surface area contributed by atoms with Crippen LogP contribution in [0.5, 0.6) is 0 Å². The molecular weight excluding hydrogens is 296 g/mol. The Morgan fingerprint density at radius 1 is 1.35 bits per heavy atom. The largest absolute Gasteiger partial charge is 0.369 e. The van der Waals surface area contributed by atoms with Gasteiger partial charge in [-0.1, -0.05) is 40.6 Å². The minimum Gasteiger partial charge on any atom is -0.369 e. The fourth-order valence-corrected chi connectivity index (χ4v) is 2.40. The van der Waals surface area contributed by atoms with Crippen LogP contribution >= 0.6 is 22.9 Å². The smallest absolute Gasteiger partial charge is 0.211 e. The first-order valence-corrected chi connectivity index (χ1v) is 6.86. The highest BCUT2D eigenvalue weighted by Crippen LogP contribution is 2.28. The van der Waals surface area contributed by atoms with Crippen LogP contribution in [0.4, 0.5) is 10.8 Å². The third-order valence-corrected chi connectivity index (χ3v) is 3.57. The van der Waals surface area contributed by atoms with Crippen LogP contribution in [0, 0.1) is 6.92 Å². The molecule has 0 aliphatic heterocycles. The normalized spacial score (nSPS) is 10.7. The summed E-state index contributed by atoms with van der Waals surface area (Å²) in [6.45, 7) is 2.03. The molecule has 0 atom stereocenters. The first-order chi connectivity index (χ1) is 9.54. The maximum Gasteiger partial charge on any atom is 0.211 e. The van der Waals surface area contributed by atoms with Crippen molar-refractivity contribution in [1.82, 2.24) is 4.98 Å². The second-order valence-electron chi connectivity index (χ2n) is 3.93. The summed E-state index contributed by atoms with van der Waals surface area (Å²) in [5.74, 6) is -0.111. The number of thiazole rings is 1. The maximum absolute atomic E-state index is 6.01. The number of benzene rings is 1. The molecule has 0 spiro atoms. The van der Waals surface area contributed by atoms with Crippen molar-refractivity contribution in [3.05, 3.63) is 39.9 Å². The first-order valence-electron chi connectivity index (χ1n) is 5.66. The molecule has 1 heterocycles. The van der Waals surface area contributed by atoms with Gasteiger partial charge in [0.2, 0.25) is 5.96 Å². The van der Waals surface area contributed by atoms with Gasteiger partial charge in [-0.05, 0) is 19.1 Å². The minimum absolute atomic E-state index is 0.111. The molecule has 0 unspecified atom stereocenters. The Hall–Kier alpha value is -2.12. The zero-order chi connectivity index (χ0) is 14.5. The van der Waals surface area contributed by atoms with E-state index >= 15 is 0 Å². The van der Waals surface area contributed by atoms with Crippen LogP contribution in [0.3, 0.4) is 0 Å². The maximum atomic E-state index is 6.01. The molecule has 5 N–H and O–H groups in total. The van der Waals surface area contributed by atoms with Crippen molar-refractivity contribution in [1.29, 1.82) is 0 Å². The average molecular weight is 309 g/mol. The number of nitrogens with one attached hydrogen (secondary N) is 1. The number of rotatable bonds is 4. The summed E-state index contributed by atoms with van der Waals surface area (Å²) < 4.78 is 0. The summed E-state index contributed by atoms with van der Waals surface area (Å²) in [6.07, 6.45) is 1.46. The molecule has 0 amide bonds. The van der Waals surface area contributed by atoms with Crippen LogP contribution in [0.2, 0.25) is 5.15 Å². The Bertz CT molecular complexity index is 642. The van der Waals surface area contributed by atoms with Gasteiger partial charge < -0.3 is 16.8 Å². The van der Waals surface area contributed by atoms with Crippen LogP contribution in [0.25, 0.3) is 0 Å². The Labute approximate surface area is 125 Å². The van der Waals surface area contributed by atoms with Gasteiger partial charge in [-0.2, -0.15) is 5.10 Å². The highest BCUT2D eigenvalue weighted by molar-refractivity contribution is 7.17. The highest BCUT2D eigenvalue weighted by atomic mass is 35.5. The molecular formula is C12H13ClN6S. The predicted octanol–water partition coefficient (Wildman–Crippen LogP) is 2.46. The standard InChI is InChI=1S/C12H13ClN6S/c1-7-2-4-8(5-3-7)17-12-18-10(13)9(20-12)6-16-19-11(14)15/h2-6H,1H3,(H,17,18)(H4,14,15,19)/b16-6+. The van der Waals surface area contributed by atoms with Crippen molar-refractivity contribution in [3.63, 3.8) is 0 Å². The summed E-state index contributed by atoms with van der Waals surface area (Å²) in [5, 5.41) is 11.4. The van der Waals surface area contributed by atoms with E-state index in [-0.39, 0.29) is 5.96 Å². The molecule has 2 aromatic rings. The van der Waals surface area contributed by atoms with Crippen LogP contribution in [-0.4, -0.2) is 17.2 Å². The molecule has 2 rings (SSSR count). The van der Waals surface area contributed by atoms with Gasteiger partial charge >= 0.3 is 0 Å². The number of aromatic nitrogens is 1. The SMILES string of the molecule is Cc1ccc(Nc2nc(Cl)c(/C=N/N=C(N)N)s2)cc1. The Kier molecular flexibility index (Phi) is 4.54. The van der Waals surface area contributed by atoms with E-state index < -0.39 is 0 Å². The monoisotopic (exact) mass is 308 g/mol. The van der Waals surface area contributed by atoms with Gasteiger partial charge in [0.25, 0.3) is 0 Å². The number of hydrogen-bond acceptors (Lipinski definition) is 5. The molecule has 0 saturated heterocycles. The first kappa shape index (κ1) is 14.3. The molecule has 0 bridgehead atoms. The zero-order valence-electron chi connectivity index (χ0n) is 10.7. The predicted molar refractivity (Wildman–Crippen MR) is 85.0 cm³/mol. The lowest BCUT2D eigenvalue weighted by molar-refractivity contribution is 1.22. The second-order valence-corrected chi connectivity index (χ2v) is 5.32. The third-order valence-electron chi connectivity index (χ3n) is 2.26. The van der Waals surface area contributed by atoms with E-state index in [1.165, 1.54) is 23.1 Å². The van der Waals surface area contributed by atoms with Crippen molar-refractivity contribution in [3.8, 4) is 0 Å². The average Bonchev–Trinajstić information content (AvgIpc) is 2.72. The molecule has 104 valence electrons. The fraction of sp³-hybridized carbons (Fsp3) is 0.0833. The van der Waals surface area contributed by atoms with Crippen LogP contribution in [0.15, 0.2) is 34.5 Å². The molecule has 0 aliphatic carbocycles. The number of nitrogens with two attached hydrogens (primary N) is 2. The zero-order valence-corrected chi connectivity index (χ0v) is 12.2. The number of guanidine groups is 1. The number of hydrogen-bond donors (Lipinski definition) is 3. The summed E-state index contributed by atoms with van der Waals surface area (Å²) in [7, 11) is 0. The molecule has 0 saturated carbocycles. The van der Waals surface area contributed by atoms with Crippen LogP contribution in [-0.2, 0) is 0 Å². The third kappa shape index (κ3) is 3.94. The quantitative estimate of drug-likeness (QED) is 0.458. The van der Waals surface area contributed by atoms with Crippen molar-refractivity contribution in [2.24, 2.45) is 21.7 Å². The topological polar surface area (TPSA) is 102 Å². The van der Waals surface area contributed by atoms with Gasteiger partial charge in [0.15, 0.2) is 10.3 Å². The number of aryl methyl sites for hydroxylation is 1. The molecule has 0 aliphatic rings. The fourth-order valence-electron chi connectivity index (χ4n) is 1.35. The summed E-state index contributed by atoms with van der Waals surface area (Å²) in [6, 6.07) is 7.97. The van der Waals surface area contributed by atoms with E-state index in [2.05, 4.69) is 20.5 Å². The molecule has 0 radical (unpaired) electrons. The molecule has 8 heteroatoms. The van der Waals surface area contributed by atoms with Crippen molar-refractivity contribution in [2.45, 2.75) is 6.92 Å². The van der Waals surface area contributed by atoms with Crippen molar-refractivity contribution >= 4 is 45.9 Å². The van der Waals surface area contributed by atoms with Crippen LogP contribution in [0.1, 0.15) is 10.4 Å². The van der Waals surface area contributed by atoms with Gasteiger partial charge in [-0.25, -0.2) is 4.98 Å².